The second-order valence-corrected chi connectivity index (χ2v) is 9.35. The van der Waals surface area contributed by atoms with Gasteiger partial charge < -0.3 is 0 Å². The number of sulfonamides is 1. The molecule has 2 aromatic carbocycles. The van der Waals surface area contributed by atoms with Gasteiger partial charge in [-0.25, -0.2) is 32.3 Å². The summed E-state index contributed by atoms with van der Waals surface area (Å²) in [6.07, 6.45) is -0.304. The molecule has 2 heterocycles. The average Bonchev–Trinajstić information content (AvgIpc) is 2.92. The topological polar surface area (TPSA) is 105 Å². The van der Waals surface area contributed by atoms with E-state index >= 15 is 0 Å². The predicted molar refractivity (Wildman–Crippen MR) is 116 cm³/mol. The Morgan fingerprint density at radius 2 is 1.84 bits per heavy atom. The van der Waals surface area contributed by atoms with Crippen LogP contribution >= 0.6 is 0 Å². The van der Waals surface area contributed by atoms with Crippen LogP contribution in [0.3, 0.4) is 0 Å². The highest BCUT2D eigenvalue weighted by Crippen LogP contribution is 2.29. The lowest BCUT2D eigenvalue weighted by Crippen LogP contribution is -2.43. The van der Waals surface area contributed by atoms with Crippen molar-refractivity contribution < 1.29 is 22.0 Å². The number of carbonyl (C=O) groups is 1. The number of pyridine rings is 1. The molecular weight excluding hydrogens is 438 g/mol. The number of nitrogens with one attached hydrogen (secondary N) is 1. The van der Waals surface area contributed by atoms with Crippen molar-refractivity contribution in [3.05, 3.63) is 60.2 Å². The molecule has 7 nitrogen and oxygen atoms in total. The number of fused-ring (bicyclic) bond motifs is 1. The largest absolute Gasteiger partial charge is 0.285 e. The first kappa shape index (κ1) is 22.3. The predicted octanol–water partition coefficient (Wildman–Crippen LogP) is 3.32. The van der Waals surface area contributed by atoms with Gasteiger partial charge in [0.15, 0.2) is 0 Å². The highest BCUT2D eigenvalue weighted by atomic mass is 32.2. The van der Waals surface area contributed by atoms with E-state index in [1.54, 1.807) is 30.3 Å². The van der Waals surface area contributed by atoms with Gasteiger partial charge in [-0.1, -0.05) is 30.3 Å². The van der Waals surface area contributed by atoms with Crippen molar-refractivity contribution in [2.24, 2.45) is 5.14 Å². The zero-order valence-corrected chi connectivity index (χ0v) is 17.9. The zero-order chi connectivity index (χ0) is 22.9. The maximum Gasteiger partial charge on any atom is 0.267 e. The lowest BCUT2D eigenvalue weighted by atomic mass is 10.0. The Bertz CT molecular complexity index is 1280. The van der Waals surface area contributed by atoms with Gasteiger partial charge in [-0.2, -0.15) is 0 Å². The number of hydrogen-bond acceptors (Lipinski definition) is 5. The molecule has 1 amide bonds. The fourth-order valence-corrected chi connectivity index (χ4v) is 4.27. The number of halogens is 2. The molecule has 0 radical (unpaired) electrons. The van der Waals surface area contributed by atoms with Crippen LogP contribution in [0.2, 0.25) is 0 Å². The molecule has 0 bridgehead atoms. The molecule has 3 N–H and O–H groups in total. The summed E-state index contributed by atoms with van der Waals surface area (Å²) in [5.41, 5.74) is 4.20. The molecule has 1 fully saturated rings. The summed E-state index contributed by atoms with van der Waals surface area (Å²) in [4.78, 5) is 17.7. The van der Waals surface area contributed by atoms with Gasteiger partial charge in [0.05, 0.1) is 21.7 Å². The molecule has 1 aromatic heterocycles. The highest BCUT2D eigenvalue weighted by molar-refractivity contribution is 7.89. The lowest BCUT2D eigenvalue weighted by Gasteiger charge is -2.22. The van der Waals surface area contributed by atoms with Gasteiger partial charge in [-0.15, -0.1) is 0 Å². The number of hydrazine groups is 1. The van der Waals surface area contributed by atoms with Gasteiger partial charge in [-0.05, 0) is 30.7 Å². The van der Waals surface area contributed by atoms with Crippen LogP contribution in [-0.4, -0.2) is 43.3 Å². The second-order valence-electron chi connectivity index (χ2n) is 7.79. The summed E-state index contributed by atoms with van der Waals surface area (Å²) in [5, 5.41) is 7.46. The van der Waals surface area contributed by atoms with Crippen LogP contribution in [0.5, 0.6) is 0 Å². The first-order chi connectivity index (χ1) is 15.1. The smallest absolute Gasteiger partial charge is 0.267 e. The number of nitrogens with two attached hydrogens (primary N) is 1. The Hall–Kier alpha value is -2.95. The molecule has 1 saturated heterocycles. The zero-order valence-electron chi connectivity index (χ0n) is 17.1. The molecule has 0 spiro atoms. The van der Waals surface area contributed by atoms with Gasteiger partial charge >= 0.3 is 0 Å². The van der Waals surface area contributed by atoms with E-state index < -0.39 is 21.9 Å². The Labute approximate surface area is 184 Å². The Morgan fingerprint density at radius 3 is 2.62 bits per heavy atom. The standard InChI is InChI=1S/C22H22F2N4O3S/c23-22(24)9-4-11-28(12-10-22)27-21(29)18-14-15-5-1-2-8-19(15)26-20(18)16-6-3-7-17(13-16)32(25,30)31/h1-3,5-8,13-14H,4,9-12H2,(H,27,29)(H2,25,30,31). The minimum absolute atomic E-state index is 0.0238. The summed E-state index contributed by atoms with van der Waals surface area (Å²) in [7, 11) is -3.95. The number of primary sulfonamides is 1. The number of amides is 1. The minimum Gasteiger partial charge on any atom is -0.285 e. The van der Waals surface area contributed by atoms with Crippen LogP contribution in [-0.2, 0) is 10.0 Å². The molecule has 32 heavy (non-hydrogen) atoms. The van der Waals surface area contributed by atoms with E-state index in [2.05, 4.69) is 10.4 Å². The van der Waals surface area contributed by atoms with Gasteiger partial charge in [0.2, 0.25) is 15.9 Å². The van der Waals surface area contributed by atoms with Crippen molar-refractivity contribution in [3.63, 3.8) is 0 Å². The number of nitrogens with zero attached hydrogens (tertiary/aromatic N) is 2. The first-order valence-corrected chi connectivity index (χ1v) is 11.6. The number of hydrogen-bond donors (Lipinski definition) is 2. The van der Waals surface area contributed by atoms with Crippen molar-refractivity contribution in [3.8, 4) is 11.3 Å². The lowest BCUT2D eigenvalue weighted by molar-refractivity contribution is -0.0143. The van der Waals surface area contributed by atoms with Crippen LogP contribution < -0.4 is 10.6 Å². The van der Waals surface area contributed by atoms with E-state index in [-0.39, 0.29) is 42.0 Å². The molecule has 1 aliphatic rings. The van der Waals surface area contributed by atoms with Crippen LogP contribution in [0.25, 0.3) is 22.2 Å². The molecule has 3 aromatic rings. The van der Waals surface area contributed by atoms with E-state index in [0.29, 0.717) is 23.0 Å². The molecular formula is C22H22F2N4O3S. The van der Waals surface area contributed by atoms with Crippen LogP contribution in [0.15, 0.2) is 59.5 Å². The Balaban J connectivity index is 1.74. The maximum absolute atomic E-state index is 13.7. The molecule has 0 unspecified atom stereocenters. The van der Waals surface area contributed by atoms with Crippen molar-refractivity contribution in [2.75, 3.05) is 13.1 Å². The number of rotatable bonds is 4. The van der Waals surface area contributed by atoms with Gasteiger partial charge in [0.25, 0.3) is 5.91 Å². The number of para-hydroxylation sites is 1. The van der Waals surface area contributed by atoms with Gasteiger partial charge in [-0.3, -0.25) is 10.2 Å². The SMILES string of the molecule is NS(=O)(=O)c1cccc(-c2nc3ccccc3cc2C(=O)NN2CCCC(F)(F)CC2)c1. The summed E-state index contributed by atoms with van der Waals surface area (Å²) in [5.74, 6) is -3.26. The molecule has 0 atom stereocenters. The van der Waals surface area contributed by atoms with Crippen molar-refractivity contribution in [1.29, 1.82) is 0 Å². The molecule has 10 heteroatoms. The second kappa shape index (κ2) is 8.53. The van der Waals surface area contributed by atoms with E-state index in [0.717, 1.165) is 0 Å². The Kier molecular flexibility index (Phi) is 5.93. The number of carbonyl (C=O) groups excluding carboxylic acids is 1. The molecule has 4 rings (SSSR count). The fraction of sp³-hybridized carbons (Fsp3) is 0.273. The summed E-state index contributed by atoms with van der Waals surface area (Å²) in [6.45, 7) is 0.328. The maximum atomic E-state index is 13.7. The minimum atomic E-state index is -3.95. The molecule has 0 saturated carbocycles. The summed E-state index contributed by atoms with van der Waals surface area (Å²) < 4.78 is 51.0. The molecule has 0 aliphatic carbocycles. The Morgan fingerprint density at radius 1 is 1.06 bits per heavy atom. The third-order valence-corrected chi connectivity index (χ3v) is 6.29. The van der Waals surface area contributed by atoms with Crippen LogP contribution in [0.4, 0.5) is 8.78 Å². The normalized spacial score (nSPS) is 17.1. The molecule has 1 aliphatic heterocycles. The van der Waals surface area contributed by atoms with Crippen molar-refractivity contribution in [1.82, 2.24) is 15.4 Å². The fourth-order valence-electron chi connectivity index (χ4n) is 3.71. The third kappa shape index (κ3) is 4.93. The number of benzene rings is 2. The van der Waals surface area contributed by atoms with E-state index in [4.69, 9.17) is 5.14 Å². The van der Waals surface area contributed by atoms with Gasteiger partial charge in [0.1, 0.15) is 0 Å². The van der Waals surface area contributed by atoms with E-state index in [9.17, 15) is 22.0 Å². The summed E-state index contributed by atoms with van der Waals surface area (Å²) >= 11 is 0. The number of aromatic nitrogens is 1. The highest BCUT2D eigenvalue weighted by Gasteiger charge is 2.32. The van der Waals surface area contributed by atoms with Crippen molar-refractivity contribution in [2.45, 2.75) is 30.1 Å². The summed E-state index contributed by atoms with van der Waals surface area (Å²) in [6, 6.07) is 14.7. The number of alkyl halides is 2. The van der Waals surface area contributed by atoms with Crippen LogP contribution in [0.1, 0.15) is 29.6 Å². The first-order valence-electron chi connectivity index (χ1n) is 10.1. The molecule has 168 valence electrons. The van der Waals surface area contributed by atoms with Crippen LogP contribution in [0, 0.1) is 0 Å². The van der Waals surface area contributed by atoms with Crippen molar-refractivity contribution >= 4 is 26.8 Å². The van der Waals surface area contributed by atoms with Gasteiger partial charge in [0, 0.05) is 36.9 Å². The monoisotopic (exact) mass is 460 g/mol. The van der Waals surface area contributed by atoms with E-state index in [1.807, 2.05) is 6.07 Å². The quantitative estimate of drug-likeness (QED) is 0.622. The average molecular weight is 461 g/mol. The third-order valence-electron chi connectivity index (χ3n) is 5.38. The van der Waals surface area contributed by atoms with E-state index in [1.165, 1.54) is 23.2 Å².